The van der Waals surface area contributed by atoms with E-state index < -0.39 is 0 Å². The van der Waals surface area contributed by atoms with Gasteiger partial charge in [-0.05, 0) is 38.4 Å². The zero-order valence-corrected chi connectivity index (χ0v) is 14.0. The lowest BCUT2D eigenvalue weighted by Gasteiger charge is -2.43. The Balaban J connectivity index is 0.00000161. The molecule has 3 rings (SSSR count). The monoisotopic (exact) mass is 311 g/mol. The summed E-state index contributed by atoms with van der Waals surface area (Å²) in [6, 6.07) is 5.04. The number of likely N-dealkylation sites (N-methyl/N-ethyl adjacent to an activating group) is 1. The number of piperidine rings is 1. The van der Waals surface area contributed by atoms with E-state index >= 15 is 0 Å². The summed E-state index contributed by atoms with van der Waals surface area (Å²) in [7, 11) is 3.98. The van der Waals surface area contributed by atoms with Gasteiger partial charge in [0.15, 0.2) is 11.5 Å². The Kier molecular flexibility index (Phi) is 5.39. The molecule has 2 aliphatic rings. The topological polar surface area (TPSA) is 21.7 Å². The van der Waals surface area contributed by atoms with E-state index in [1.165, 1.54) is 30.5 Å². The van der Waals surface area contributed by atoms with Gasteiger partial charge in [-0.1, -0.05) is 25.5 Å². The fraction of sp³-hybridized carbons (Fsp3) is 0.647. The molecule has 21 heavy (non-hydrogen) atoms. The van der Waals surface area contributed by atoms with E-state index in [0.29, 0.717) is 12.0 Å². The van der Waals surface area contributed by atoms with Crippen molar-refractivity contribution in [3.05, 3.63) is 23.3 Å². The lowest BCUT2D eigenvalue weighted by molar-refractivity contribution is 0.0846. The van der Waals surface area contributed by atoms with Gasteiger partial charge in [-0.15, -0.1) is 12.4 Å². The van der Waals surface area contributed by atoms with Crippen LogP contribution in [0.2, 0.25) is 0 Å². The molecule has 1 aromatic rings. The molecule has 3 nitrogen and oxygen atoms in total. The average molecular weight is 312 g/mol. The molecule has 0 saturated carbocycles. The molecule has 0 spiro atoms. The normalized spacial score (nSPS) is 24.3. The third-order valence-electron chi connectivity index (χ3n) is 4.80. The molecule has 0 aromatic heterocycles. The van der Waals surface area contributed by atoms with Crippen molar-refractivity contribution in [3.63, 3.8) is 0 Å². The summed E-state index contributed by atoms with van der Waals surface area (Å²) in [5.41, 5.74) is 2.63. The number of hydrogen-bond donors (Lipinski definition) is 0. The van der Waals surface area contributed by atoms with Crippen molar-refractivity contribution in [3.8, 4) is 11.5 Å². The third kappa shape index (κ3) is 2.86. The Bertz CT molecular complexity index is 492. The van der Waals surface area contributed by atoms with Crippen LogP contribution in [0.3, 0.4) is 0 Å². The van der Waals surface area contributed by atoms with E-state index in [0.717, 1.165) is 30.9 Å². The molecule has 1 aromatic carbocycles. The fourth-order valence-corrected chi connectivity index (χ4v) is 3.75. The maximum atomic E-state index is 6.11. The van der Waals surface area contributed by atoms with Gasteiger partial charge in [-0.25, -0.2) is 0 Å². The van der Waals surface area contributed by atoms with Crippen LogP contribution >= 0.6 is 12.4 Å². The predicted molar refractivity (Wildman–Crippen MR) is 88.1 cm³/mol. The number of rotatable bonds is 3. The van der Waals surface area contributed by atoms with Crippen molar-refractivity contribution in [2.24, 2.45) is 0 Å². The number of methoxy groups -OCH3 is 1. The lowest BCUT2D eigenvalue weighted by Crippen LogP contribution is -2.47. The van der Waals surface area contributed by atoms with Crippen molar-refractivity contribution in [2.75, 3.05) is 27.3 Å². The number of halogens is 1. The highest BCUT2D eigenvalue weighted by atomic mass is 35.5. The van der Waals surface area contributed by atoms with Gasteiger partial charge in [-0.3, -0.25) is 4.90 Å². The maximum absolute atomic E-state index is 6.11. The number of aryl methyl sites for hydroxylation is 1. The number of ether oxygens (including phenoxy) is 2. The van der Waals surface area contributed by atoms with Crippen LogP contribution in [-0.2, 0) is 6.42 Å². The number of likely N-dealkylation sites (tertiary alicyclic amines) is 1. The van der Waals surface area contributed by atoms with Gasteiger partial charge in [0, 0.05) is 11.5 Å². The third-order valence-corrected chi connectivity index (χ3v) is 4.80. The molecule has 0 unspecified atom stereocenters. The van der Waals surface area contributed by atoms with E-state index in [1.54, 1.807) is 7.11 Å². The first kappa shape index (κ1) is 16.4. The molecule has 1 saturated heterocycles. The second kappa shape index (κ2) is 6.89. The van der Waals surface area contributed by atoms with Crippen LogP contribution < -0.4 is 9.47 Å². The van der Waals surface area contributed by atoms with Crippen molar-refractivity contribution in [2.45, 2.75) is 44.6 Å². The predicted octanol–water partition coefficient (Wildman–Crippen LogP) is 3.64. The Morgan fingerprint density at radius 1 is 1.38 bits per heavy atom. The van der Waals surface area contributed by atoms with Gasteiger partial charge < -0.3 is 9.47 Å². The zero-order chi connectivity index (χ0) is 14.1. The Hall–Kier alpha value is -0.930. The molecule has 2 atom stereocenters. The highest BCUT2D eigenvalue weighted by Crippen LogP contribution is 2.46. The first-order chi connectivity index (χ1) is 9.76. The minimum atomic E-state index is 0. The van der Waals surface area contributed by atoms with Crippen LogP contribution in [0.5, 0.6) is 11.5 Å². The van der Waals surface area contributed by atoms with Crippen molar-refractivity contribution in [1.82, 2.24) is 4.90 Å². The van der Waals surface area contributed by atoms with Gasteiger partial charge in [0.05, 0.1) is 13.2 Å². The Labute approximate surface area is 134 Å². The quantitative estimate of drug-likeness (QED) is 0.850. The van der Waals surface area contributed by atoms with Gasteiger partial charge in [0.25, 0.3) is 0 Å². The van der Waals surface area contributed by atoms with E-state index in [9.17, 15) is 0 Å². The molecule has 0 amide bonds. The second-order valence-corrected chi connectivity index (χ2v) is 6.03. The molecule has 118 valence electrons. The van der Waals surface area contributed by atoms with Crippen LogP contribution in [0.15, 0.2) is 12.1 Å². The van der Waals surface area contributed by atoms with Gasteiger partial charge in [-0.2, -0.15) is 0 Å². The first-order valence-electron chi connectivity index (χ1n) is 7.79. The summed E-state index contributed by atoms with van der Waals surface area (Å²) >= 11 is 0. The number of hydrogen-bond acceptors (Lipinski definition) is 3. The Morgan fingerprint density at radius 2 is 2.19 bits per heavy atom. The molecule has 0 radical (unpaired) electrons. The van der Waals surface area contributed by atoms with Crippen molar-refractivity contribution >= 4 is 12.4 Å². The minimum absolute atomic E-state index is 0. The molecule has 0 aliphatic carbocycles. The summed E-state index contributed by atoms with van der Waals surface area (Å²) < 4.78 is 11.8. The van der Waals surface area contributed by atoms with Crippen molar-refractivity contribution < 1.29 is 9.47 Å². The van der Waals surface area contributed by atoms with Gasteiger partial charge in [0.2, 0.25) is 0 Å². The van der Waals surface area contributed by atoms with Crippen LogP contribution in [0.4, 0.5) is 0 Å². The molecule has 2 heterocycles. The summed E-state index contributed by atoms with van der Waals surface area (Å²) in [6.45, 7) is 4.18. The zero-order valence-electron chi connectivity index (χ0n) is 13.2. The van der Waals surface area contributed by atoms with E-state index in [4.69, 9.17) is 9.47 Å². The summed E-state index contributed by atoms with van der Waals surface area (Å²) in [4.78, 5) is 2.45. The second-order valence-electron chi connectivity index (χ2n) is 6.03. The largest absolute Gasteiger partial charge is 0.493 e. The number of fused-ring (bicyclic) bond motifs is 3. The smallest absolute Gasteiger partial charge is 0.165 e. The summed E-state index contributed by atoms with van der Waals surface area (Å²) in [5, 5.41) is 0. The van der Waals surface area contributed by atoms with E-state index in [2.05, 4.69) is 31.0 Å². The molecule has 2 aliphatic heterocycles. The molecule has 0 N–H and O–H groups in total. The Morgan fingerprint density at radius 3 is 2.90 bits per heavy atom. The molecule has 4 heteroatoms. The van der Waals surface area contributed by atoms with Crippen LogP contribution in [0.1, 0.15) is 43.2 Å². The lowest BCUT2D eigenvalue weighted by atomic mass is 9.81. The highest BCUT2D eigenvalue weighted by Gasteiger charge is 2.37. The molecule has 0 bridgehead atoms. The summed E-state index contributed by atoms with van der Waals surface area (Å²) in [6.07, 6.45) is 4.72. The van der Waals surface area contributed by atoms with Gasteiger partial charge in [0.1, 0.15) is 6.61 Å². The number of nitrogens with zero attached hydrogens (tertiary/aromatic N) is 1. The maximum Gasteiger partial charge on any atom is 0.165 e. The van der Waals surface area contributed by atoms with Crippen LogP contribution in [-0.4, -0.2) is 38.3 Å². The molecular formula is C17H26ClNO2. The number of benzene rings is 1. The highest BCUT2D eigenvalue weighted by molar-refractivity contribution is 5.85. The fourth-order valence-electron chi connectivity index (χ4n) is 3.75. The molecule has 1 fully saturated rings. The van der Waals surface area contributed by atoms with Crippen molar-refractivity contribution in [1.29, 1.82) is 0 Å². The van der Waals surface area contributed by atoms with Crippen LogP contribution in [0, 0.1) is 0 Å². The van der Waals surface area contributed by atoms with E-state index in [1.807, 2.05) is 0 Å². The average Bonchev–Trinajstić information content (AvgIpc) is 2.47. The summed E-state index contributed by atoms with van der Waals surface area (Å²) in [5.74, 6) is 2.58. The first-order valence-corrected chi connectivity index (χ1v) is 7.79. The van der Waals surface area contributed by atoms with Crippen LogP contribution in [0.25, 0.3) is 0 Å². The molecular weight excluding hydrogens is 286 g/mol. The van der Waals surface area contributed by atoms with Gasteiger partial charge >= 0.3 is 0 Å². The standard InChI is InChI=1S/C17H25NO2.ClH/c1-4-6-12-8-9-14-13-7-5-10-18(2)15(13)11-20-17(14)16(12)19-3;/h8-9,13,15H,4-7,10-11H2,1-3H3;1H/t13-,15-;/m0./s1. The SMILES string of the molecule is CCCc1ccc2c(c1OC)OC[C@H]1[C@H]2CCCN1C.Cl. The van der Waals surface area contributed by atoms with E-state index in [-0.39, 0.29) is 12.4 Å². The minimum Gasteiger partial charge on any atom is -0.493 e.